The second-order valence-electron chi connectivity index (χ2n) is 9.61. The highest BCUT2D eigenvalue weighted by Gasteiger charge is 2.31. The van der Waals surface area contributed by atoms with Gasteiger partial charge in [-0.25, -0.2) is 0 Å². The van der Waals surface area contributed by atoms with E-state index in [1.165, 1.54) is 0 Å². The van der Waals surface area contributed by atoms with Crippen LogP contribution in [0.3, 0.4) is 0 Å². The zero-order chi connectivity index (χ0) is 28.9. The Bertz CT molecular complexity index is 1210. The van der Waals surface area contributed by atoms with Gasteiger partial charge in [0.25, 0.3) is 0 Å². The summed E-state index contributed by atoms with van der Waals surface area (Å²) in [7, 11) is 4.73. The van der Waals surface area contributed by atoms with Crippen LogP contribution in [0.4, 0.5) is 0 Å². The number of hydrogen-bond donors (Lipinski definition) is 1. The molecular weight excluding hydrogens is 508 g/mol. The number of amides is 2. The Balaban J connectivity index is 1.93. The van der Waals surface area contributed by atoms with E-state index in [0.29, 0.717) is 36.8 Å². The zero-order valence-corrected chi connectivity index (χ0v) is 24.0. The van der Waals surface area contributed by atoms with Gasteiger partial charge < -0.3 is 29.2 Å². The predicted octanol–water partition coefficient (Wildman–Crippen LogP) is 4.96. The number of rotatable bonds is 15. The topological polar surface area (TPSA) is 86.3 Å². The first-order valence-corrected chi connectivity index (χ1v) is 13.4. The van der Waals surface area contributed by atoms with Gasteiger partial charge in [0.1, 0.15) is 11.8 Å². The summed E-state index contributed by atoms with van der Waals surface area (Å²) >= 11 is 0. The summed E-state index contributed by atoms with van der Waals surface area (Å²) in [4.78, 5) is 29.3. The minimum atomic E-state index is -0.832. The molecule has 3 aromatic rings. The highest BCUT2D eigenvalue weighted by atomic mass is 16.5. The van der Waals surface area contributed by atoms with Gasteiger partial charge in [-0.1, -0.05) is 48.5 Å². The van der Waals surface area contributed by atoms with Crippen molar-refractivity contribution in [3.05, 3.63) is 89.5 Å². The standard InChI is InChI=1S/C32H40N2O6/c1-23(2)40-19-9-18-33-32(36)31(26-10-7-6-8-11-26)34(22-24-12-15-27(37-3)16-13-24)30(35)21-25-14-17-28(38-4)29(20-25)39-5/h6-8,10-17,20,23,31H,9,18-19,21-22H2,1-5H3,(H,33,36). The van der Waals surface area contributed by atoms with E-state index in [1.54, 1.807) is 38.4 Å². The smallest absolute Gasteiger partial charge is 0.247 e. The molecule has 8 heteroatoms. The Labute approximate surface area is 237 Å². The maximum absolute atomic E-state index is 14.0. The molecule has 1 N–H and O–H groups in total. The molecule has 0 aromatic heterocycles. The summed E-state index contributed by atoms with van der Waals surface area (Å²) in [6.45, 7) is 5.17. The van der Waals surface area contributed by atoms with Crippen molar-refractivity contribution in [2.45, 2.75) is 45.4 Å². The maximum atomic E-state index is 14.0. The molecule has 0 fully saturated rings. The van der Waals surface area contributed by atoms with Crippen molar-refractivity contribution in [1.82, 2.24) is 10.2 Å². The van der Waals surface area contributed by atoms with E-state index in [9.17, 15) is 9.59 Å². The first-order valence-electron chi connectivity index (χ1n) is 13.4. The molecule has 2 amide bonds. The molecule has 1 atom stereocenters. The number of nitrogens with zero attached hydrogens (tertiary/aromatic N) is 1. The Morgan fingerprint density at radius 1 is 0.825 bits per heavy atom. The third-order valence-electron chi connectivity index (χ3n) is 6.38. The first kappa shape index (κ1) is 30.5. The molecule has 0 saturated heterocycles. The Kier molecular flexibility index (Phi) is 11.8. The monoisotopic (exact) mass is 548 g/mol. The largest absolute Gasteiger partial charge is 0.497 e. The van der Waals surface area contributed by atoms with Crippen molar-refractivity contribution < 1.29 is 28.5 Å². The second-order valence-corrected chi connectivity index (χ2v) is 9.61. The van der Waals surface area contributed by atoms with Crippen LogP contribution in [0, 0.1) is 0 Å². The summed E-state index contributed by atoms with van der Waals surface area (Å²) in [5, 5.41) is 3.02. The van der Waals surface area contributed by atoms with Crippen LogP contribution in [0.1, 0.15) is 43.0 Å². The van der Waals surface area contributed by atoms with E-state index in [0.717, 1.165) is 16.7 Å². The molecule has 3 aromatic carbocycles. The fourth-order valence-electron chi connectivity index (χ4n) is 4.33. The average molecular weight is 549 g/mol. The molecule has 0 aliphatic carbocycles. The van der Waals surface area contributed by atoms with Gasteiger partial charge in [-0.2, -0.15) is 0 Å². The van der Waals surface area contributed by atoms with Crippen molar-refractivity contribution in [3.63, 3.8) is 0 Å². The van der Waals surface area contributed by atoms with Gasteiger partial charge in [0.05, 0.1) is 33.9 Å². The molecule has 0 saturated carbocycles. The minimum absolute atomic E-state index is 0.0787. The van der Waals surface area contributed by atoms with Crippen molar-refractivity contribution in [2.75, 3.05) is 34.5 Å². The van der Waals surface area contributed by atoms with Crippen LogP contribution >= 0.6 is 0 Å². The van der Waals surface area contributed by atoms with E-state index in [2.05, 4.69) is 5.32 Å². The average Bonchev–Trinajstić information content (AvgIpc) is 2.97. The first-order chi connectivity index (χ1) is 19.4. The van der Waals surface area contributed by atoms with Crippen LogP contribution in [0.25, 0.3) is 0 Å². The molecule has 8 nitrogen and oxygen atoms in total. The van der Waals surface area contributed by atoms with Crippen LogP contribution in [0.2, 0.25) is 0 Å². The summed E-state index contributed by atoms with van der Waals surface area (Å²) < 4.78 is 21.7. The summed E-state index contributed by atoms with van der Waals surface area (Å²) in [5.74, 6) is 1.39. The van der Waals surface area contributed by atoms with Gasteiger partial charge in [-0.15, -0.1) is 0 Å². The van der Waals surface area contributed by atoms with Gasteiger partial charge in [0, 0.05) is 19.7 Å². The summed E-state index contributed by atoms with van der Waals surface area (Å²) in [5.41, 5.74) is 2.36. The fraction of sp³-hybridized carbons (Fsp3) is 0.375. The highest BCUT2D eigenvalue weighted by molar-refractivity contribution is 5.89. The molecule has 40 heavy (non-hydrogen) atoms. The van der Waals surface area contributed by atoms with Gasteiger partial charge >= 0.3 is 0 Å². The van der Waals surface area contributed by atoms with Gasteiger partial charge in [0.2, 0.25) is 11.8 Å². The van der Waals surface area contributed by atoms with E-state index < -0.39 is 6.04 Å². The number of benzene rings is 3. The lowest BCUT2D eigenvalue weighted by molar-refractivity contribution is -0.141. The van der Waals surface area contributed by atoms with Crippen molar-refractivity contribution in [3.8, 4) is 17.2 Å². The predicted molar refractivity (Wildman–Crippen MR) is 155 cm³/mol. The van der Waals surface area contributed by atoms with Crippen molar-refractivity contribution in [2.24, 2.45) is 0 Å². The lowest BCUT2D eigenvalue weighted by Crippen LogP contribution is -2.44. The van der Waals surface area contributed by atoms with Gasteiger partial charge in [-0.05, 0) is 61.2 Å². The second kappa shape index (κ2) is 15.5. The Hall–Kier alpha value is -4.04. The molecule has 0 aliphatic rings. The van der Waals surface area contributed by atoms with Gasteiger partial charge in [0.15, 0.2) is 11.5 Å². The van der Waals surface area contributed by atoms with Crippen LogP contribution < -0.4 is 19.5 Å². The molecule has 0 bridgehead atoms. The number of carbonyl (C=O) groups excluding carboxylic acids is 2. The van der Waals surface area contributed by atoms with E-state index in [-0.39, 0.29) is 30.9 Å². The van der Waals surface area contributed by atoms with E-state index >= 15 is 0 Å². The third kappa shape index (κ3) is 8.74. The number of hydrogen-bond acceptors (Lipinski definition) is 6. The van der Waals surface area contributed by atoms with Crippen LogP contribution in [-0.4, -0.2) is 57.3 Å². The Morgan fingerprint density at radius 3 is 2.12 bits per heavy atom. The quantitative estimate of drug-likeness (QED) is 0.270. The van der Waals surface area contributed by atoms with Crippen LogP contribution in [-0.2, 0) is 27.3 Å². The fourth-order valence-corrected chi connectivity index (χ4v) is 4.33. The molecule has 3 rings (SSSR count). The van der Waals surface area contributed by atoms with Crippen molar-refractivity contribution >= 4 is 11.8 Å². The van der Waals surface area contributed by atoms with Gasteiger partial charge in [-0.3, -0.25) is 9.59 Å². The third-order valence-corrected chi connectivity index (χ3v) is 6.38. The van der Waals surface area contributed by atoms with E-state index in [4.69, 9.17) is 18.9 Å². The van der Waals surface area contributed by atoms with Crippen LogP contribution in [0.5, 0.6) is 17.2 Å². The molecule has 0 heterocycles. The SMILES string of the molecule is COc1ccc(CN(C(=O)Cc2ccc(OC)c(OC)c2)C(C(=O)NCCCOC(C)C)c2ccccc2)cc1. The number of carbonyl (C=O) groups is 2. The molecule has 0 aliphatic heterocycles. The summed E-state index contributed by atoms with van der Waals surface area (Å²) in [6.07, 6.45) is 0.876. The zero-order valence-electron chi connectivity index (χ0n) is 24.0. The Morgan fingerprint density at radius 2 is 1.50 bits per heavy atom. The van der Waals surface area contributed by atoms with Crippen LogP contribution in [0.15, 0.2) is 72.8 Å². The molecule has 0 radical (unpaired) electrons. The summed E-state index contributed by atoms with van der Waals surface area (Å²) in [6, 6.07) is 21.4. The molecule has 0 spiro atoms. The lowest BCUT2D eigenvalue weighted by atomic mass is 10.0. The normalized spacial score (nSPS) is 11.6. The maximum Gasteiger partial charge on any atom is 0.247 e. The minimum Gasteiger partial charge on any atom is -0.497 e. The number of ether oxygens (including phenoxy) is 4. The lowest BCUT2D eigenvalue weighted by Gasteiger charge is -2.32. The number of methoxy groups -OCH3 is 3. The molecule has 214 valence electrons. The molecule has 1 unspecified atom stereocenters. The molecular formula is C32H40N2O6. The van der Waals surface area contributed by atoms with Crippen molar-refractivity contribution in [1.29, 1.82) is 0 Å². The number of nitrogens with one attached hydrogen (secondary N) is 1. The highest BCUT2D eigenvalue weighted by Crippen LogP contribution is 2.29. The van der Waals surface area contributed by atoms with E-state index in [1.807, 2.05) is 74.5 Å².